The third-order valence-corrected chi connectivity index (χ3v) is 2.98. The van der Waals surface area contributed by atoms with E-state index in [1.54, 1.807) is 0 Å². The number of rotatable bonds is 1. The van der Waals surface area contributed by atoms with Gasteiger partial charge in [0.05, 0.1) is 11.1 Å². The molecule has 22 heavy (non-hydrogen) atoms. The first-order valence-electron chi connectivity index (χ1n) is 5.48. The number of aromatic nitrogens is 2. The average Bonchev–Trinajstić information content (AvgIpc) is 2.35. The minimum absolute atomic E-state index is 0.405. The maximum atomic E-state index is 13.0. The second kappa shape index (κ2) is 5.58. The molecule has 2 aromatic heterocycles. The normalized spacial score (nSPS) is 12.5. The average molecular weight is 361 g/mol. The minimum Gasteiger partial charge on any atom is -0.234 e. The Morgan fingerprint density at radius 3 is 1.23 bits per heavy atom. The predicted molar refractivity (Wildman–Crippen MR) is 67.5 cm³/mol. The van der Waals surface area contributed by atoms with Gasteiger partial charge in [-0.2, -0.15) is 26.3 Å². The van der Waals surface area contributed by atoms with Gasteiger partial charge in [-0.25, -0.2) is 9.97 Å². The molecule has 0 fully saturated rings. The Morgan fingerprint density at radius 2 is 0.955 bits per heavy atom. The zero-order chi connectivity index (χ0) is 16.7. The summed E-state index contributed by atoms with van der Waals surface area (Å²) in [5.41, 5.74) is -4.85. The van der Waals surface area contributed by atoms with Gasteiger partial charge < -0.3 is 0 Å². The molecule has 2 aromatic rings. The topological polar surface area (TPSA) is 25.8 Å². The summed E-state index contributed by atoms with van der Waals surface area (Å²) in [7, 11) is 0. The van der Waals surface area contributed by atoms with E-state index >= 15 is 0 Å². The van der Waals surface area contributed by atoms with Crippen LogP contribution < -0.4 is 0 Å². The molecule has 0 saturated heterocycles. The van der Waals surface area contributed by atoms with E-state index in [1.807, 2.05) is 0 Å². The molecule has 118 valence electrons. The molecule has 0 N–H and O–H groups in total. The smallest absolute Gasteiger partial charge is 0.234 e. The Kier molecular flexibility index (Phi) is 4.27. The molecule has 0 saturated carbocycles. The second-order valence-corrected chi connectivity index (χ2v) is 4.83. The van der Waals surface area contributed by atoms with Gasteiger partial charge in [0.25, 0.3) is 0 Å². The lowest BCUT2D eigenvalue weighted by atomic mass is 10.1. The molecule has 0 aliphatic carbocycles. The van der Waals surface area contributed by atoms with Crippen molar-refractivity contribution in [2.75, 3.05) is 0 Å². The van der Waals surface area contributed by atoms with Crippen molar-refractivity contribution in [2.45, 2.75) is 12.4 Å². The van der Waals surface area contributed by atoms with Crippen LogP contribution >= 0.6 is 23.2 Å². The molecule has 0 unspecified atom stereocenters. The SMILES string of the molecule is FC(F)(F)c1ccc(Cl)nc1-c1nc(Cl)ccc1C(F)(F)F. The molecule has 2 rings (SSSR count). The van der Waals surface area contributed by atoms with Crippen LogP contribution in [0.15, 0.2) is 24.3 Å². The van der Waals surface area contributed by atoms with Gasteiger partial charge in [-0.15, -0.1) is 0 Å². The van der Waals surface area contributed by atoms with Gasteiger partial charge in [0.15, 0.2) is 0 Å². The summed E-state index contributed by atoms with van der Waals surface area (Å²) in [5, 5.41) is -0.809. The van der Waals surface area contributed by atoms with Crippen molar-refractivity contribution >= 4 is 23.2 Å². The lowest BCUT2D eigenvalue weighted by molar-refractivity contribution is -0.139. The number of alkyl halides is 6. The quantitative estimate of drug-likeness (QED) is 0.496. The van der Waals surface area contributed by atoms with Crippen LogP contribution in [0.25, 0.3) is 11.4 Å². The monoisotopic (exact) mass is 360 g/mol. The van der Waals surface area contributed by atoms with Crippen molar-refractivity contribution in [3.63, 3.8) is 0 Å². The first kappa shape index (κ1) is 16.8. The highest BCUT2D eigenvalue weighted by molar-refractivity contribution is 6.30. The molecule has 0 aromatic carbocycles. The molecular formula is C12H4Cl2F6N2. The summed E-state index contributed by atoms with van der Waals surface area (Å²) in [4.78, 5) is 6.70. The van der Waals surface area contributed by atoms with Crippen LogP contribution in [0, 0.1) is 0 Å². The molecule has 0 atom stereocenters. The molecule has 0 aliphatic heterocycles. The number of hydrogen-bond donors (Lipinski definition) is 0. The minimum atomic E-state index is -4.93. The van der Waals surface area contributed by atoms with Gasteiger partial charge in [0.2, 0.25) is 0 Å². The molecule has 2 heterocycles. The lowest BCUT2D eigenvalue weighted by Gasteiger charge is -2.16. The molecule has 0 bridgehead atoms. The molecule has 10 heteroatoms. The summed E-state index contributed by atoms with van der Waals surface area (Å²) >= 11 is 11.0. The maximum absolute atomic E-state index is 13.0. The third-order valence-electron chi connectivity index (χ3n) is 2.56. The van der Waals surface area contributed by atoms with Crippen molar-refractivity contribution in [3.8, 4) is 11.4 Å². The molecular weight excluding hydrogens is 357 g/mol. The largest absolute Gasteiger partial charge is 0.418 e. The van der Waals surface area contributed by atoms with E-state index in [-0.39, 0.29) is 0 Å². The van der Waals surface area contributed by atoms with Gasteiger partial charge in [-0.3, -0.25) is 0 Å². The summed E-state index contributed by atoms with van der Waals surface area (Å²) < 4.78 is 77.8. The fourth-order valence-electron chi connectivity index (χ4n) is 1.69. The molecule has 2 nitrogen and oxygen atoms in total. The highest BCUT2D eigenvalue weighted by atomic mass is 35.5. The van der Waals surface area contributed by atoms with Gasteiger partial charge in [0, 0.05) is 0 Å². The van der Waals surface area contributed by atoms with Crippen LogP contribution in [0.4, 0.5) is 26.3 Å². The molecule has 0 amide bonds. The number of pyridine rings is 2. The van der Waals surface area contributed by atoms with Crippen LogP contribution in [0.3, 0.4) is 0 Å². The maximum Gasteiger partial charge on any atom is 0.418 e. The van der Waals surface area contributed by atoms with E-state index in [9.17, 15) is 26.3 Å². The van der Waals surface area contributed by atoms with Gasteiger partial charge >= 0.3 is 12.4 Å². The number of hydrogen-bond acceptors (Lipinski definition) is 2. The van der Waals surface area contributed by atoms with E-state index in [2.05, 4.69) is 9.97 Å². The van der Waals surface area contributed by atoms with Crippen molar-refractivity contribution in [1.29, 1.82) is 0 Å². The van der Waals surface area contributed by atoms with E-state index in [4.69, 9.17) is 23.2 Å². The van der Waals surface area contributed by atoms with Crippen LogP contribution in [0.2, 0.25) is 10.3 Å². The highest BCUT2D eigenvalue weighted by Gasteiger charge is 2.40. The fraction of sp³-hybridized carbons (Fsp3) is 0.167. The van der Waals surface area contributed by atoms with Gasteiger partial charge in [-0.1, -0.05) is 23.2 Å². The van der Waals surface area contributed by atoms with Crippen molar-refractivity contribution in [2.24, 2.45) is 0 Å². The van der Waals surface area contributed by atoms with E-state index < -0.39 is 45.2 Å². The van der Waals surface area contributed by atoms with E-state index in [1.165, 1.54) is 0 Å². The van der Waals surface area contributed by atoms with Crippen LogP contribution in [0.5, 0.6) is 0 Å². The van der Waals surface area contributed by atoms with Crippen LogP contribution in [-0.4, -0.2) is 9.97 Å². The number of nitrogens with zero attached hydrogens (tertiary/aromatic N) is 2. The van der Waals surface area contributed by atoms with Crippen molar-refractivity contribution in [3.05, 3.63) is 45.7 Å². The van der Waals surface area contributed by atoms with Crippen LogP contribution in [-0.2, 0) is 12.4 Å². The summed E-state index contributed by atoms with van der Waals surface area (Å²) in [6.45, 7) is 0. The second-order valence-electron chi connectivity index (χ2n) is 4.06. The lowest BCUT2D eigenvalue weighted by Crippen LogP contribution is -2.13. The molecule has 0 aliphatic rings. The Morgan fingerprint density at radius 1 is 0.636 bits per heavy atom. The zero-order valence-electron chi connectivity index (χ0n) is 10.2. The van der Waals surface area contributed by atoms with E-state index in [0.717, 1.165) is 12.1 Å². The van der Waals surface area contributed by atoms with Gasteiger partial charge in [0.1, 0.15) is 21.7 Å². The zero-order valence-corrected chi connectivity index (χ0v) is 11.7. The Bertz CT molecular complexity index is 650. The number of halogens is 8. The predicted octanol–water partition coefficient (Wildman–Crippen LogP) is 5.49. The van der Waals surface area contributed by atoms with Crippen molar-refractivity contribution < 1.29 is 26.3 Å². The van der Waals surface area contributed by atoms with E-state index in [0.29, 0.717) is 12.1 Å². The molecule has 0 radical (unpaired) electrons. The fourth-order valence-corrected chi connectivity index (χ4v) is 1.98. The summed E-state index contributed by atoms with van der Waals surface area (Å²) in [5.74, 6) is 0. The first-order valence-corrected chi connectivity index (χ1v) is 6.23. The standard InChI is InChI=1S/C12H4Cl2F6N2/c13-7-3-1-5(11(15,16)17)9(21-7)10-6(12(18,19)20)2-4-8(14)22-10/h1-4H. The Hall–Kier alpha value is -1.54. The van der Waals surface area contributed by atoms with Crippen LogP contribution in [0.1, 0.15) is 11.1 Å². The molecule has 0 spiro atoms. The third kappa shape index (κ3) is 3.44. The Labute approximate surface area is 129 Å². The van der Waals surface area contributed by atoms with Gasteiger partial charge in [-0.05, 0) is 24.3 Å². The Balaban J connectivity index is 2.82. The summed E-state index contributed by atoms with van der Waals surface area (Å²) in [6.07, 6.45) is -9.86. The summed E-state index contributed by atoms with van der Waals surface area (Å²) in [6, 6.07) is 2.72. The van der Waals surface area contributed by atoms with Crippen molar-refractivity contribution in [1.82, 2.24) is 9.97 Å². The highest BCUT2D eigenvalue weighted by Crippen LogP contribution is 2.41. The first-order chi connectivity index (χ1) is 10.00.